The molecule has 144 valence electrons. The highest BCUT2D eigenvalue weighted by Crippen LogP contribution is 2.51. The van der Waals surface area contributed by atoms with Gasteiger partial charge in [0, 0.05) is 16.1 Å². The number of carbonyl (C=O) groups is 1. The average molecular weight is 414 g/mol. The van der Waals surface area contributed by atoms with Crippen molar-refractivity contribution in [1.29, 1.82) is 10.5 Å². The van der Waals surface area contributed by atoms with Crippen LogP contribution in [0.5, 0.6) is 0 Å². The lowest BCUT2D eigenvalue weighted by Gasteiger charge is -2.40. The molecule has 0 aromatic heterocycles. The molecule has 8 heteroatoms. The summed E-state index contributed by atoms with van der Waals surface area (Å²) in [5.74, 6) is 0.190. The van der Waals surface area contributed by atoms with Gasteiger partial charge in [0.15, 0.2) is 0 Å². The van der Waals surface area contributed by atoms with Crippen molar-refractivity contribution in [3.05, 3.63) is 51.3 Å². The molecule has 0 unspecified atom stereocenters. The maximum Gasteiger partial charge on any atom is 0.234 e. The topological polar surface area (TPSA) is 115 Å². The minimum atomic E-state index is -0.633. The van der Waals surface area contributed by atoms with Gasteiger partial charge in [-0.3, -0.25) is 4.79 Å². The Morgan fingerprint density at radius 3 is 2.43 bits per heavy atom. The zero-order valence-electron chi connectivity index (χ0n) is 15.2. The van der Waals surface area contributed by atoms with Crippen molar-refractivity contribution in [2.45, 2.75) is 32.1 Å². The van der Waals surface area contributed by atoms with Gasteiger partial charge in [-0.25, -0.2) is 0 Å². The highest BCUT2D eigenvalue weighted by Gasteiger charge is 2.45. The molecule has 1 aromatic rings. The number of hydrogen-bond acceptors (Lipinski definition) is 6. The van der Waals surface area contributed by atoms with Crippen LogP contribution < -0.4 is 16.4 Å². The van der Waals surface area contributed by atoms with E-state index in [1.54, 1.807) is 24.3 Å². The summed E-state index contributed by atoms with van der Waals surface area (Å²) in [4.78, 5) is 12.3. The molecule has 6 nitrogen and oxygen atoms in total. The first-order valence-corrected chi connectivity index (χ1v) is 10.4. The largest absolute Gasteiger partial charge is 0.384 e. The van der Waals surface area contributed by atoms with Gasteiger partial charge in [0.1, 0.15) is 5.82 Å². The highest BCUT2D eigenvalue weighted by molar-refractivity contribution is 8.03. The van der Waals surface area contributed by atoms with Gasteiger partial charge in [0.25, 0.3) is 0 Å². The predicted molar refractivity (Wildman–Crippen MR) is 111 cm³/mol. The lowest BCUT2D eigenvalue weighted by atomic mass is 9.64. The number of thioether (sulfide) groups is 1. The summed E-state index contributed by atoms with van der Waals surface area (Å²) in [5, 5.41) is 26.4. The van der Waals surface area contributed by atoms with Crippen LogP contribution in [-0.4, -0.2) is 11.7 Å². The Morgan fingerprint density at radius 2 is 1.82 bits per heavy atom. The first-order valence-electron chi connectivity index (χ1n) is 9.00. The third kappa shape index (κ3) is 3.96. The van der Waals surface area contributed by atoms with Crippen molar-refractivity contribution in [3.63, 3.8) is 0 Å². The van der Waals surface area contributed by atoms with Crippen molar-refractivity contribution in [2.75, 3.05) is 11.1 Å². The van der Waals surface area contributed by atoms with Gasteiger partial charge in [-0.15, -0.1) is 0 Å². The summed E-state index contributed by atoms with van der Waals surface area (Å²) in [6, 6.07) is 11.3. The van der Waals surface area contributed by atoms with Crippen molar-refractivity contribution >= 4 is 35.0 Å². The van der Waals surface area contributed by atoms with Crippen molar-refractivity contribution in [1.82, 2.24) is 5.32 Å². The fourth-order valence-corrected chi connectivity index (χ4v) is 4.85. The Balaban J connectivity index is 1.78. The monoisotopic (exact) mass is 413 g/mol. The van der Waals surface area contributed by atoms with E-state index in [1.807, 2.05) is 0 Å². The maximum atomic E-state index is 12.3. The van der Waals surface area contributed by atoms with Crippen LogP contribution in [0.25, 0.3) is 0 Å². The van der Waals surface area contributed by atoms with Crippen LogP contribution in [0.4, 0.5) is 5.69 Å². The summed E-state index contributed by atoms with van der Waals surface area (Å²) in [5.41, 5.74) is 7.10. The maximum absolute atomic E-state index is 12.3. The van der Waals surface area contributed by atoms with Crippen LogP contribution in [0, 0.1) is 28.1 Å². The number of amides is 1. The van der Waals surface area contributed by atoms with Gasteiger partial charge < -0.3 is 16.4 Å². The molecule has 0 bridgehead atoms. The van der Waals surface area contributed by atoms with E-state index in [4.69, 9.17) is 17.3 Å². The number of halogens is 1. The van der Waals surface area contributed by atoms with Gasteiger partial charge in [0.2, 0.25) is 5.91 Å². The molecule has 1 aliphatic heterocycles. The van der Waals surface area contributed by atoms with Crippen molar-refractivity contribution < 1.29 is 4.79 Å². The van der Waals surface area contributed by atoms with Gasteiger partial charge in [-0.1, -0.05) is 42.6 Å². The summed E-state index contributed by atoms with van der Waals surface area (Å²) in [6.07, 6.45) is 4.42. The summed E-state index contributed by atoms with van der Waals surface area (Å²) >= 11 is 7.08. The van der Waals surface area contributed by atoms with E-state index in [1.165, 1.54) is 11.8 Å². The first-order chi connectivity index (χ1) is 13.5. The zero-order chi connectivity index (χ0) is 20.1. The van der Waals surface area contributed by atoms with Crippen LogP contribution >= 0.6 is 23.4 Å². The van der Waals surface area contributed by atoms with E-state index in [9.17, 15) is 15.3 Å². The molecule has 1 heterocycles. The zero-order valence-corrected chi connectivity index (χ0v) is 16.8. The third-order valence-electron chi connectivity index (χ3n) is 5.11. The minimum absolute atomic E-state index is 0.112. The summed E-state index contributed by atoms with van der Waals surface area (Å²) < 4.78 is 0. The molecule has 1 saturated carbocycles. The van der Waals surface area contributed by atoms with Gasteiger partial charge in [0.05, 0.1) is 34.1 Å². The molecule has 2 aliphatic rings. The Hall–Kier alpha value is -2.61. The second kappa shape index (κ2) is 8.60. The number of allylic oxidation sites excluding steroid dienone is 2. The molecular formula is C20H20ClN5OS. The predicted octanol–water partition coefficient (Wildman–Crippen LogP) is 3.99. The fourth-order valence-electron chi connectivity index (χ4n) is 3.80. The van der Waals surface area contributed by atoms with Crippen molar-refractivity contribution in [2.24, 2.45) is 11.1 Å². The smallest absolute Gasteiger partial charge is 0.234 e. The SMILES string of the molecule is N#CC1=C(N)NC(SCC(=O)Nc2ccc(Cl)cc2)=C(C#N)C12CCCCC2. The molecule has 1 amide bonds. The number of nitriles is 2. The Kier molecular flexibility index (Phi) is 6.18. The number of benzene rings is 1. The molecule has 1 aliphatic carbocycles. The Bertz CT molecular complexity index is 917. The first kappa shape index (κ1) is 20.1. The summed E-state index contributed by atoms with van der Waals surface area (Å²) in [7, 11) is 0. The van der Waals surface area contributed by atoms with Crippen LogP contribution in [0.1, 0.15) is 32.1 Å². The van der Waals surface area contributed by atoms with E-state index < -0.39 is 5.41 Å². The number of rotatable bonds is 4. The van der Waals surface area contributed by atoms with E-state index in [2.05, 4.69) is 22.8 Å². The van der Waals surface area contributed by atoms with Crippen LogP contribution in [-0.2, 0) is 4.79 Å². The highest BCUT2D eigenvalue weighted by atomic mass is 35.5. The van der Waals surface area contributed by atoms with Crippen LogP contribution in [0.2, 0.25) is 5.02 Å². The number of hydrogen-bond donors (Lipinski definition) is 3. The summed E-state index contributed by atoms with van der Waals surface area (Å²) in [6.45, 7) is 0. The normalized spacial score (nSPS) is 18.2. The third-order valence-corrected chi connectivity index (χ3v) is 6.36. The lowest BCUT2D eigenvalue weighted by molar-refractivity contribution is -0.113. The molecule has 4 N–H and O–H groups in total. The number of nitrogens with zero attached hydrogens (tertiary/aromatic N) is 2. The van der Waals surface area contributed by atoms with E-state index >= 15 is 0 Å². The molecule has 0 radical (unpaired) electrons. The molecule has 1 aromatic carbocycles. The number of nitrogens with two attached hydrogens (primary N) is 1. The van der Waals surface area contributed by atoms with Crippen LogP contribution in [0.3, 0.4) is 0 Å². The number of carbonyl (C=O) groups excluding carboxylic acids is 1. The van der Waals surface area contributed by atoms with Gasteiger partial charge in [-0.2, -0.15) is 10.5 Å². The van der Waals surface area contributed by atoms with Gasteiger partial charge >= 0.3 is 0 Å². The van der Waals surface area contributed by atoms with E-state index in [0.29, 0.717) is 26.9 Å². The number of nitrogens with one attached hydrogen (secondary N) is 2. The Morgan fingerprint density at radius 1 is 1.18 bits per heavy atom. The Labute approximate surface area is 173 Å². The molecular weight excluding hydrogens is 394 g/mol. The van der Waals surface area contributed by atoms with Crippen LogP contribution in [0.15, 0.2) is 46.3 Å². The number of dihydropyridines is 1. The standard InChI is InChI=1S/C20H20ClN5OS/c21-13-4-6-14(7-5-13)25-17(27)12-28-19-16(11-23)20(8-2-1-3-9-20)15(10-22)18(24)26-19/h4-7,26H,1-3,8-9,12,24H2,(H,25,27). The van der Waals surface area contributed by atoms with Crippen molar-refractivity contribution in [3.8, 4) is 12.1 Å². The molecule has 0 atom stereocenters. The second-order valence-electron chi connectivity index (χ2n) is 6.83. The quantitative estimate of drug-likeness (QED) is 0.687. The second-order valence-corrected chi connectivity index (χ2v) is 8.25. The molecule has 1 fully saturated rings. The van der Waals surface area contributed by atoms with E-state index in [0.717, 1.165) is 32.1 Å². The fraction of sp³-hybridized carbons (Fsp3) is 0.350. The van der Waals surface area contributed by atoms with Gasteiger partial charge in [-0.05, 0) is 37.1 Å². The minimum Gasteiger partial charge on any atom is -0.384 e. The molecule has 28 heavy (non-hydrogen) atoms. The molecule has 3 rings (SSSR count). The molecule has 1 spiro atoms. The number of anilines is 1. The average Bonchev–Trinajstić information content (AvgIpc) is 2.69. The molecule has 0 saturated heterocycles. The van der Waals surface area contributed by atoms with E-state index in [-0.39, 0.29) is 17.5 Å². The lowest BCUT2D eigenvalue weighted by Crippen LogP contribution is -2.39.